The molecule has 10 atom stereocenters. The third-order valence-corrected chi connectivity index (χ3v) is 22.5. The molecule has 11 heterocycles. The average molecular weight is 1590 g/mol. The minimum atomic E-state index is -4.60. The minimum Gasteiger partial charge on any atom is -0.731 e. The van der Waals surface area contributed by atoms with Crippen LogP contribution in [0, 0.1) is 0 Å². The van der Waals surface area contributed by atoms with E-state index >= 15 is 0 Å². The highest BCUT2D eigenvalue weighted by Crippen LogP contribution is 2.37. The van der Waals surface area contributed by atoms with E-state index in [0.717, 1.165) is 61.2 Å². The summed E-state index contributed by atoms with van der Waals surface area (Å²) in [5.41, 5.74) is 9.44. The number of amides is 10. The Morgan fingerprint density at radius 2 is 0.954 bits per heavy atom. The number of nitrogens with one attached hydrogen (secondary N) is 4. The topological polar surface area (TPSA) is 496 Å². The van der Waals surface area contributed by atoms with Crippen LogP contribution in [0.3, 0.4) is 0 Å². The fourth-order valence-corrected chi connectivity index (χ4v) is 17.1. The number of carbonyl (C=O) groups is 8. The number of rotatable bonds is 16. The van der Waals surface area contributed by atoms with Gasteiger partial charge in [-0.25, -0.2) is 35.7 Å². The smallest absolute Gasteiger partial charge is 0.432 e. The van der Waals surface area contributed by atoms with E-state index in [1.54, 1.807) is 26.6 Å². The standard InChI is InChI=1S/C19H26N4O7S.C18H23N3O6.C13H20N2O2.C11H18N4O6S.C5H8N2O4S/c1-29-15-4-2-13(3-5-15)10-21-8-9-30-12-14(11-21)20-19(25)22-7-6-16-17(22)18(24)23(16)31(26,27)28;1-25-15-4-2-13(3-5-15)10-20-8-9-26-12-14(11-20)19-18(24)27-21-16(22)6-7-17(21)23;1-16-13-4-2-11(3-5-13)8-15-6-7-17-10-12(14)9-15;16-10-9-8(15(10)22(18,19)20)1-3-14(9)11(17)13-7-5-12-2-4-21-6-7;8-5-4-3(1-2-6-4)7(5)12(9,10)11/h2-5,14,16-17H,6-12H2,1H3,(H,20,25)(H,26,27,28);2-5,14H,6-12H2,1H3,(H,19,24);2-5,12H,6-10,14H2,1H3;7-9,12H,1-6H2,(H,13,17)(H,18,19,20);3-4,6H,1-2H2,(H,9,10,11)/t14-,16+,17-;14-;12-;7-,8+,9-;3-,4+/m00001/s1. The molecule has 11 fully saturated rings. The van der Waals surface area contributed by atoms with Crippen LogP contribution in [0.15, 0.2) is 72.8 Å². The lowest BCUT2D eigenvalue weighted by atomic mass is 10.0. The molecule has 109 heavy (non-hydrogen) atoms. The molecule has 3 aromatic rings. The number of hydroxylamine groups is 2. The van der Waals surface area contributed by atoms with Crippen molar-refractivity contribution in [1.29, 1.82) is 0 Å². The number of nitrogens with zero attached hydrogens (tertiary/aromatic N) is 9. The lowest BCUT2D eigenvalue weighted by Gasteiger charge is -2.42. The number of urea groups is 2. The predicted molar refractivity (Wildman–Crippen MR) is 378 cm³/mol. The summed E-state index contributed by atoms with van der Waals surface area (Å²) in [5, 5.41) is 13.8. The summed E-state index contributed by atoms with van der Waals surface area (Å²) in [5.74, 6) is -0.644. The maximum atomic E-state index is 12.8. The third kappa shape index (κ3) is 21.9. The molecule has 11 aliphatic heterocycles. The van der Waals surface area contributed by atoms with Crippen LogP contribution in [0.5, 0.6) is 17.2 Å². The van der Waals surface area contributed by atoms with Crippen LogP contribution < -0.4 is 46.5 Å². The Hall–Kier alpha value is -8.25. The molecule has 10 amide bonds. The fraction of sp³-hybridized carbons (Fsp3) is 0.606. The Kier molecular flexibility index (Phi) is 28.7. The highest BCUT2D eigenvalue weighted by atomic mass is 32.2. The van der Waals surface area contributed by atoms with Crippen LogP contribution in [0.2, 0.25) is 0 Å². The van der Waals surface area contributed by atoms with Crippen molar-refractivity contribution in [2.45, 2.75) is 112 Å². The van der Waals surface area contributed by atoms with E-state index in [2.05, 4.69) is 48.1 Å². The second-order valence-electron chi connectivity index (χ2n) is 27.3. The number of methoxy groups -OCH3 is 3. The van der Waals surface area contributed by atoms with Crippen molar-refractivity contribution in [2.75, 3.05) is 146 Å². The summed E-state index contributed by atoms with van der Waals surface area (Å²) in [6.07, 6.45) is 0.510. The molecule has 40 nitrogen and oxygen atoms in total. The van der Waals surface area contributed by atoms with Gasteiger partial charge in [0, 0.05) is 110 Å². The summed E-state index contributed by atoms with van der Waals surface area (Å²) >= 11 is 0. The van der Waals surface area contributed by atoms with Gasteiger partial charge in [-0.2, -0.15) is 16.8 Å². The highest BCUT2D eigenvalue weighted by molar-refractivity contribution is 7.84. The first-order valence-electron chi connectivity index (χ1n) is 35.6. The first-order chi connectivity index (χ1) is 52.0. The summed E-state index contributed by atoms with van der Waals surface area (Å²) < 4.78 is 133. The molecule has 0 saturated carbocycles. The second-order valence-corrected chi connectivity index (χ2v) is 31.1. The first kappa shape index (κ1) is 83.2. The highest BCUT2D eigenvalue weighted by Gasteiger charge is 2.62. The third-order valence-electron chi connectivity index (χ3n) is 19.7. The lowest BCUT2D eigenvalue weighted by molar-refractivity contribution is -0.664. The van der Waals surface area contributed by atoms with Gasteiger partial charge in [-0.1, -0.05) is 36.4 Å². The zero-order chi connectivity index (χ0) is 78.3. The van der Waals surface area contributed by atoms with Crippen molar-refractivity contribution in [3.8, 4) is 17.2 Å². The summed E-state index contributed by atoms with van der Waals surface area (Å²) in [4.78, 5) is 109. The SMILES string of the molecule is COc1ccc(CN2CCOC[C@@H](N)C2)cc1.COc1ccc(CN2CCOC[C@@H](NC(=O)N3CC[C@@H]4[C@H]3C(=O)N4S(=O)(=O)O)C2)cc1.COc1ccc(CN2CCOC[C@@H](NC(=O)ON3C(=O)CCC3=O)C2)cc1.O=C(N[C@H]1CNCCOC1)N1CC[C@@H]2[C@H]1C(=O)N2S(=O)(=O)O.O=C1[C@H]2[NH2+]CC[C@H]2N1S(=O)(=O)[O-]. The zero-order valence-corrected chi connectivity index (χ0v) is 62.9. The predicted octanol–water partition coefficient (Wildman–Crippen LogP) is -4.00. The van der Waals surface area contributed by atoms with E-state index < -0.39 is 103 Å². The van der Waals surface area contributed by atoms with E-state index in [9.17, 15) is 72.7 Å². The monoisotopic (exact) mass is 1590 g/mol. The molecule has 0 aliphatic carbocycles. The molecule has 43 heteroatoms. The van der Waals surface area contributed by atoms with Crippen LogP contribution in [-0.2, 0) is 98.3 Å². The number of likely N-dealkylation sites (tertiary alicyclic amines) is 2. The van der Waals surface area contributed by atoms with Gasteiger partial charge >= 0.3 is 38.8 Å². The van der Waals surface area contributed by atoms with Crippen LogP contribution in [0.25, 0.3) is 0 Å². The Morgan fingerprint density at radius 1 is 0.541 bits per heavy atom. The number of benzene rings is 3. The zero-order valence-electron chi connectivity index (χ0n) is 60.5. The van der Waals surface area contributed by atoms with E-state index in [1.165, 1.54) is 15.4 Å². The van der Waals surface area contributed by atoms with E-state index in [-0.39, 0.29) is 62.2 Å². The molecule has 11 saturated heterocycles. The summed E-state index contributed by atoms with van der Waals surface area (Å²) in [6, 6.07) is 18.5. The van der Waals surface area contributed by atoms with Crippen molar-refractivity contribution in [3.63, 3.8) is 0 Å². The normalized spacial score (nSPS) is 26.6. The van der Waals surface area contributed by atoms with Gasteiger partial charge in [0.1, 0.15) is 35.4 Å². The Bertz CT molecular complexity index is 4010. The molecular formula is C66H95N15O25S3. The Labute approximate surface area is 630 Å². The summed E-state index contributed by atoms with van der Waals surface area (Å²) in [7, 11) is -8.79. The molecule has 10 N–H and O–H groups in total. The molecule has 0 bridgehead atoms. The van der Waals surface area contributed by atoms with Gasteiger partial charge in [0.05, 0.1) is 111 Å². The number of ether oxygens (including phenoxy) is 7. The van der Waals surface area contributed by atoms with Crippen LogP contribution in [0.1, 0.15) is 48.8 Å². The molecular weight excluding hydrogens is 1500 g/mol. The van der Waals surface area contributed by atoms with Gasteiger partial charge in [0.25, 0.3) is 29.5 Å². The van der Waals surface area contributed by atoms with Gasteiger partial charge in [-0.3, -0.25) is 47.8 Å². The Morgan fingerprint density at radius 3 is 1.39 bits per heavy atom. The van der Waals surface area contributed by atoms with Crippen LogP contribution >= 0.6 is 0 Å². The molecule has 0 spiro atoms. The number of β-lactam (4-membered cyclic amide) rings is 3. The maximum Gasteiger partial charge on any atom is 0.432 e. The van der Waals surface area contributed by atoms with Gasteiger partial charge in [0.15, 0.2) is 16.3 Å². The number of hydrogen-bond acceptors (Lipinski definition) is 28. The van der Waals surface area contributed by atoms with Crippen molar-refractivity contribution in [1.82, 2.24) is 63.7 Å². The average Bonchev–Trinajstić information content (AvgIpc) is 1.64. The number of fused-ring (bicyclic) bond motifs is 3. The van der Waals surface area contributed by atoms with Gasteiger partial charge in [-0.15, -0.1) is 5.06 Å². The molecule has 0 unspecified atom stereocenters. The van der Waals surface area contributed by atoms with Gasteiger partial charge < -0.3 is 84.7 Å². The van der Waals surface area contributed by atoms with Gasteiger partial charge in [-0.05, 0) is 65.9 Å². The van der Waals surface area contributed by atoms with Crippen molar-refractivity contribution >= 4 is 78.6 Å². The van der Waals surface area contributed by atoms with Crippen molar-refractivity contribution in [3.05, 3.63) is 89.5 Å². The van der Waals surface area contributed by atoms with Crippen LogP contribution in [0.4, 0.5) is 14.4 Å². The summed E-state index contributed by atoms with van der Waals surface area (Å²) in [6.45, 7) is 13.4. The molecule has 0 radical (unpaired) electrons. The minimum absolute atomic E-state index is 0.0638. The maximum absolute atomic E-state index is 12.8. The molecule has 3 aromatic carbocycles. The molecule has 11 aliphatic rings. The van der Waals surface area contributed by atoms with E-state index in [1.807, 2.05) is 60.7 Å². The number of quaternary nitrogens is 1. The van der Waals surface area contributed by atoms with Crippen LogP contribution in [-0.4, -0.2) is 336 Å². The molecule has 0 aromatic heterocycles. The number of carbonyl (C=O) groups excluding carboxylic acids is 8. The molecule has 14 rings (SSSR count). The lowest BCUT2D eigenvalue weighted by Crippen LogP contribution is -2.95. The first-order valence-corrected chi connectivity index (χ1v) is 39.7. The van der Waals surface area contributed by atoms with E-state index in [4.69, 9.17) is 48.3 Å². The quantitative estimate of drug-likeness (QED) is 0.0385. The van der Waals surface area contributed by atoms with E-state index in [0.29, 0.717) is 136 Å². The number of nitrogens with two attached hydrogens (primary N) is 2. The largest absolute Gasteiger partial charge is 0.731 e. The van der Waals surface area contributed by atoms with Gasteiger partial charge in [0.2, 0.25) is 0 Å². The molecule has 602 valence electrons. The van der Waals surface area contributed by atoms with Crippen molar-refractivity contribution < 1.29 is 121 Å². The fourth-order valence-electron chi connectivity index (χ4n) is 14.4. The van der Waals surface area contributed by atoms with Crippen molar-refractivity contribution in [2.24, 2.45) is 5.73 Å². The number of imide groups is 1. The Balaban J connectivity index is 0.000000150. The number of hydrogen-bond donors (Lipinski definition) is 8. The second kappa shape index (κ2) is 37.6.